The number of amides is 1. The fourth-order valence-corrected chi connectivity index (χ4v) is 3.09. The van der Waals surface area contributed by atoms with Crippen LogP contribution in [0.5, 0.6) is 0 Å². The first-order chi connectivity index (χ1) is 12.1. The van der Waals surface area contributed by atoms with Crippen molar-refractivity contribution in [1.82, 2.24) is 5.32 Å². The normalized spacial score (nSPS) is 14.1. The van der Waals surface area contributed by atoms with Crippen LogP contribution >= 0.6 is 0 Å². The lowest BCUT2D eigenvalue weighted by molar-refractivity contribution is -0.136. The molecule has 0 spiro atoms. The van der Waals surface area contributed by atoms with Gasteiger partial charge in [0.2, 0.25) is 5.91 Å². The summed E-state index contributed by atoms with van der Waals surface area (Å²) >= 11 is 0. The van der Waals surface area contributed by atoms with Crippen molar-refractivity contribution in [1.29, 1.82) is 0 Å². The molecule has 5 nitrogen and oxygen atoms in total. The summed E-state index contributed by atoms with van der Waals surface area (Å²) in [6, 6.07) is 15.7. The number of carbonyl (C=O) groups excluding carboxylic acids is 1. The Labute approximate surface area is 147 Å². The molecule has 1 aliphatic heterocycles. The number of hydrogen-bond donors (Lipinski definition) is 2. The summed E-state index contributed by atoms with van der Waals surface area (Å²) in [5.74, 6) is -0.617. The molecule has 1 amide bonds. The monoisotopic (exact) mass is 338 g/mol. The number of carboxylic acids is 1. The minimum Gasteiger partial charge on any atom is -0.481 e. The molecule has 0 radical (unpaired) electrons. The standard InChI is InChI=1S/C20H22N2O3/c23-19-5-2-10-22(19)18-8-6-15(7-9-18)13-21-14-17-4-1-3-16(11-17)12-20(24)25/h1,3-4,6-9,11,21H,2,5,10,12-14H2,(H,24,25). The van der Waals surface area contributed by atoms with E-state index in [0.717, 1.165) is 41.9 Å². The van der Waals surface area contributed by atoms with Gasteiger partial charge >= 0.3 is 5.97 Å². The highest BCUT2D eigenvalue weighted by molar-refractivity contribution is 5.95. The Balaban J connectivity index is 1.52. The summed E-state index contributed by atoms with van der Waals surface area (Å²) < 4.78 is 0. The number of rotatable bonds is 7. The van der Waals surface area contributed by atoms with Gasteiger partial charge in [-0.15, -0.1) is 0 Å². The van der Waals surface area contributed by atoms with E-state index < -0.39 is 5.97 Å². The van der Waals surface area contributed by atoms with Gasteiger partial charge in [0.05, 0.1) is 6.42 Å². The number of nitrogens with one attached hydrogen (secondary N) is 1. The van der Waals surface area contributed by atoms with Crippen molar-refractivity contribution < 1.29 is 14.7 Å². The summed E-state index contributed by atoms with van der Waals surface area (Å²) in [4.78, 5) is 24.4. The first kappa shape index (κ1) is 17.2. The van der Waals surface area contributed by atoms with Crippen LogP contribution in [0.25, 0.3) is 0 Å². The van der Waals surface area contributed by atoms with E-state index in [-0.39, 0.29) is 12.3 Å². The predicted molar refractivity (Wildman–Crippen MR) is 96.4 cm³/mol. The third kappa shape index (κ3) is 4.67. The van der Waals surface area contributed by atoms with Gasteiger partial charge in [0, 0.05) is 31.7 Å². The van der Waals surface area contributed by atoms with Crippen molar-refractivity contribution in [2.45, 2.75) is 32.4 Å². The molecule has 130 valence electrons. The van der Waals surface area contributed by atoms with Gasteiger partial charge in [-0.2, -0.15) is 0 Å². The van der Waals surface area contributed by atoms with Crippen LogP contribution in [-0.4, -0.2) is 23.5 Å². The SMILES string of the molecule is O=C(O)Cc1cccc(CNCc2ccc(N3CCCC3=O)cc2)c1. The van der Waals surface area contributed by atoms with Crippen molar-refractivity contribution in [2.24, 2.45) is 0 Å². The van der Waals surface area contributed by atoms with Crippen molar-refractivity contribution in [3.05, 3.63) is 65.2 Å². The fraction of sp³-hybridized carbons (Fsp3) is 0.300. The number of carboxylic acid groups (broad SMARTS) is 1. The lowest BCUT2D eigenvalue weighted by atomic mass is 10.1. The van der Waals surface area contributed by atoms with Gasteiger partial charge in [0.25, 0.3) is 0 Å². The van der Waals surface area contributed by atoms with Crippen LogP contribution in [0.1, 0.15) is 29.5 Å². The molecule has 1 fully saturated rings. The summed E-state index contributed by atoms with van der Waals surface area (Å²) in [7, 11) is 0. The molecule has 2 aromatic rings. The topological polar surface area (TPSA) is 69.6 Å². The largest absolute Gasteiger partial charge is 0.481 e. The fourth-order valence-electron chi connectivity index (χ4n) is 3.09. The zero-order valence-electron chi connectivity index (χ0n) is 14.1. The Bertz CT molecular complexity index is 756. The van der Waals surface area contributed by atoms with Gasteiger partial charge in [-0.3, -0.25) is 9.59 Å². The highest BCUT2D eigenvalue weighted by Crippen LogP contribution is 2.21. The maximum atomic E-state index is 11.8. The highest BCUT2D eigenvalue weighted by Gasteiger charge is 2.21. The van der Waals surface area contributed by atoms with E-state index in [2.05, 4.69) is 5.32 Å². The molecule has 0 atom stereocenters. The average Bonchev–Trinajstić information content (AvgIpc) is 3.01. The van der Waals surface area contributed by atoms with E-state index in [1.165, 1.54) is 0 Å². The first-order valence-electron chi connectivity index (χ1n) is 8.51. The lowest BCUT2D eigenvalue weighted by Gasteiger charge is -2.16. The maximum absolute atomic E-state index is 11.8. The molecular formula is C20H22N2O3. The van der Waals surface area contributed by atoms with Gasteiger partial charge in [0.1, 0.15) is 0 Å². The smallest absolute Gasteiger partial charge is 0.307 e. The molecule has 25 heavy (non-hydrogen) atoms. The van der Waals surface area contributed by atoms with Crippen LogP contribution in [0, 0.1) is 0 Å². The predicted octanol–water partition coefficient (Wildman–Crippen LogP) is 2.73. The summed E-state index contributed by atoms with van der Waals surface area (Å²) in [6.45, 7) is 2.21. The van der Waals surface area contributed by atoms with Crippen molar-refractivity contribution in [2.75, 3.05) is 11.4 Å². The Morgan fingerprint density at radius 1 is 1.04 bits per heavy atom. The Morgan fingerprint density at radius 3 is 2.44 bits per heavy atom. The third-order valence-electron chi connectivity index (χ3n) is 4.33. The van der Waals surface area contributed by atoms with Crippen LogP contribution in [0.2, 0.25) is 0 Å². The number of carbonyl (C=O) groups is 2. The van der Waals surface area contributed by atoms with Gasteiger partial charge in [0.15, 0.2) is 0 Å². The van der Waals surface area contributed by atoms with E-state index in [1.807, 2.05) is 53.4 Å². The quantitative estimate of drug-likeness (QED) is 0.814. The molecule has 5 heteroatoms. The van der Waals surface area contributed by atoms with Gasteiger partial charge in [-0.25, -0.2) is 0 Å². The number of benzene rings is 2. The molecule has 1 saturated heterocycles. The molecule has 2 aromatic carbocycles. The second-order valence-corrected chi connectivity index (χ2v) is 6.31. The number of nitrogens with zero attached hydrogens (tertiary/aromatic N) is 1. The van der Waals surface area contributed by atoms with E-state index in [1.54, 1.807) is 0 Å². The zero-order chi connectivity index (χ0) is 17.6. The molecular weight excluding hydrogens is 316 g/mol. The molecule has 3 rings (SSSR count). The molecule has 1 aliphatic rings. The van der Waals surface area contributed by atoms with Crippen LogP contribution < -0.4 is 10.2 Å². The Kier molecular flexibility index (Phi) is 5.46. The molecule has 1 heterocycles. The molecule has 0 saturated carbocycles. The zero-order valence-corrected chi connectivity index (χ0v) is 14.1. The number of anilines is 1. The number of hydrogen-bond acceptors (Lipinski definition) is 3. The Hall–Kier alpha value is -2.66. The average molecular weight is 338 g/mol. The highest BCUT2D eigenvalue weighted by atomic mass is 16.4. The van der Waals surface area contributed by atoms with Crippen LogP contribution in [0.4, 0.5) is 5.69 Å². The minimum absolute atomic E-state index is 0.0462. The molecule has 2 N–H and O–H groups in total. The van der Waals surface area contributed by atoms with E-state index in [0.29, 0.717) is 13.0 Å². The summed E-state index contributed by atoms with van der Waals surface area (Å²) in [6.07, 6.45) is 1.62. The third-order valence-corrected chi connectivity index (χ3v) is 4.33. The summed E-state index contributed by atoms with van der Waals surface area (Å²) in [5.41, 5.74) is 3.99. The second-order valence-electron chi connectivity index (χ2n) is 6.31. The van der Waals surface area contributed by atoms with Gasteiger partial charge in [-0.05, 0) is 35.2 Å². The van der Waals surface area contributed by atoms with Crippen LogP contribution in [0.3, 0.4) is 0 Å². The molecule has 0 aliphatic carbocycles. The van der Waals surface area contributed by atoms with Crippen molar-refractivity contribution >= 4 is 17.6 Å². The first-order valence-corrected chi connectivity index (χ1v) is 8.51. The molecule has 0 aromatic heterocycles. The summed E-state index contributed by atoms with van der Waals surface area (Å²) in [5, 5.41) is 12.2. The van der Waals surface area contributed by atoms with Crippen LogP contribution in [0.15, 0.2) is 48.5 Å². The maximum Gasteiger partial charge on any atom is 0.307 e. The van der Waals surface area contributed by atoms with E-state index in [4.69, 9.17) is 5.11 Å². The van der Waals surface area contributed by atoms with Crippen LogP contribution in [-0.2, 0) is 29.1 Å². The van der Waals surface area contributed by atoms with Gasteiger partial charge in [-0.1, -0.05) is 36.4 Å². The second kappa shape index (κ2) is 7.94. The van der Waals surface area contributed by atoms with E-state index in [9.17, 15) is 9.59 Å². The van der Waals surface area contributed by atoms with E-state index >= 15 is 0 Å². The number of aliphatic carboxylic acids is 1. The minimum atomic E-state index is -0.818. The van der Waals surface area contributed by atoms with Gasteiger partial charge < -0.3 is 15.3 Å². The van der Waals surface area contributed by atoms with Crippen molar-refractivity contribution in [3.8, 4) is 0 Å². The Morgan fingerprint density at radius 2 is 1.76 bits per heavy atom. The molecule has 0 unspecified atom stereocenters. The lowest BCUT2D eigenvalue weighted by Crippen LogP contribution is -2.23. The van der Waals surface area contributed by atoms with Crippen molar-refractivity contribution in [3.63, 3.8) is 0 Å². The molecule has 0 bridgehead atoms.